The Labute approximate surface area is 113 Å². The summed E-state index contributed by atoms with van der Waals surface area (Å²) in [5, 5.41) is 3.53. The van der Waals surface area contributed by atoms with Gasteiger partial charge in [0, 0.05) is 19.6 Å². The van der Waals surface area contributed by atoms with Gasteiger partial charge in [-0.25, -0.2) is 0 Å². The highest BCUT2D eigenvalue weighted by Crippen LogP contribution is 2.16. The SMILES string of the molecule is CCCC(CNCC(C)C)OC1CCN(C)CC1. The van der Waals surface area contributed by atoms with E-state index in [1.54, 1.807) is 0 Å². The summed E-state index contributed by atoms with van der Waals surface area (Å²) in [4.78, 5) is 2.39. The average Bonchev–Trinajstić information content (AvgIpc) is 2.32. The van der Waals surface area contributed by atoms with E-state index in [4.69, 9.17) is 4.74 Å². The second kappa shape index (κ2) is 8.89. The van der Waals surface area contributed by atoms with Crippen molar-refractivity contribution < 1.29 is 4.74 Å². The topological polar surface area (TPSA) is 24.5 Å². The van der Waals surface area contributed by atoms with Crippen LogP contribution in [0.15, 0.2) is 0 Å². The minimum absolute atomic E-state index is 0.405. The largest absolute Gasteiger partial charge is 0.374 e. The van der Waals surface area contributed by atoms with Crippen LogP contribution in [0.3, 0.4) is 0 Å². The van der Waals surface area contributed by atoms with Crippen LogP contribution in [0.2, 0.25) is 0 Å². The Morgan fingerprint density at radius 2 is 1.89 bits per heavy atom. The fourth-order valence-corrected chi connectivity index (χ4v) is 2.47. The van der Waals surface area contributed by atoms with E-state index in [0.717, 1.165) is 19.0 Å². The monoisotopic (exact) mass is 256 g/mol. The second-order valence-electron chi connectivity index (χ2n) is 6.10. The first-order valence-corrected chi connectivity index (χ1v) is 7.66. The molecule has 1 atom stereocenters. The van der Waals surface area contributed by atoms with Crippen molar-refractivity contribution in [2.45, 2.75) is 58.7 Å². The second-order valence-corrected chi connectivity index (χ2v) is 6.10. The third-order valence-electron chi connectivity index (χ3n) is 3.59. The molecule has 0 aromatic heterocycles. The number of likely N-dealkylation sites (tertiary alicyclic amines) is 1. The van der Waals surface area contributed by atoms with E-state index in [1.807, 2.05) is 0 Å². The third-order valence-corrected chi connectivity index (χ3v) is 3.59. The van der Waals surface area contributed by atoms with Crippen LogP contribution in [0, 0.1) is 5.92 Å². The maximum Gasteiger partial charge on any atom is 0.0703 e. The van der Waals surface area contributed by atoms with E-state index in [9.17, 15) is 0 Å². The number of nitrogens with zero attached hydrogens (tertiary/aromatic N) is 1. The van der Waals surface area contributed by atoms with E-state index >= 15 is 0 Å². The van der Waals surface area contributed by atoms with Crippen molar-refractivity contribution in [1.82, 2.24) is 10.2 Å². The number of ether oxygens (including phenoxy) is 1. The first-order valence-electron chi connectivity index (χ1n) is 7.66. The maximum atomic E-state index is 6.27. The molecule has 0 spiro atoms. The number of rotatable bonds is 8. The molecule has 1 saturated heterocycles. The Morgan fingerprint density at radius 1 is 1.22 bits per heavy atom. The van der Waals surface area contributed by atoms with Gasteiger partial charge in [-0.05, 0) is 38.8 Å². The van der Waals surface area contributed by atoms with Gasteiger partial charge >= 0.3 is 0 Å². The van der Waals surface area contributed by atoms with Crippen LogP contribution in [0.5, 0.6) is 0 Å². The van der Waals surface area contributed by atoms with Crippen molar-refractivity contribution in [3.63, 3.8) is 0 Å². The number of nitrogens with one attached hydrogen (secondary N) is 1. The Bertz CT molecular complexity index is 201. The van der Waals surface area contributed by atoms with Crippen molar-refractivity contribution in [2.75, 3.05) is 33.2 Å². The minimum atomic E-state index is 0.405. The molecule has 1 aliphatic rings. The van der Waals surface area contributed by atoms with Gasteiger partial charge in [0.15, 0.2) is 0 Å². The van der Waals surface area contributed by atoms with Gasteiger partial charge in [-0.2, -0.15) is 0 Å². The normalized spacial score (nSPS) is 20.5. The van der Waals surface area contributed by atoms with Crippen LogP contribution in [0.1, 0.15) is 46.5 Å². The summed E-state index contributed by atoms with van der Waals surface area (Å²) in [6.07, 6.45) is 5.67. The van der Waals surface area contributed by atoms with E-state index in [0.29, 0.717) is 12.2 Å². The summed E-state index contributed by atoms with van der Waals surface area (Å²) in [5.74, 6) is 0.718. The highest BCUT2D eigenvalue weighted by atomic mass is 16.5. The van der Waals surface area contributed by atoms with Gasteiger partial charge in [0.25, 0.3) is 0 Å². The zero-order valence-electron chi connectivity index (χ0n) is 12.7. The first-order chi connectivity index (χ1) is 8.61. The van der Waals surface area contributed by atoms with Crippen molar-refractivity contribution in [2.24, 2.45) is 5.92 Å². The van der Waals surface area contributed by atoms with Gasteiger partial charge in [-0.3, -0.25) is 0 Å². The lowest BCUT2D eigenvalue weighted by atomic mass is 10.1. The standard InChI is InChI=1S/C15H32N2O/c1-5-6-15(12-16-11-13(2)3)18-14-7-9-17(4)10-8-14/h13-16H,5-12H2,1-4H3. The van der Waals surface area contributed by atoms with E-state index in [1.165, 1.54) is 38.8 Å². The van der Waals surface area contributed by atoms with Gasteiger partial charge in [0.1, 0.15) is 0 Å². The molecule has 1 fully saturated rings. The van der Waals surface area contributed by atoms with E-state index in [-0.39, 0.29) is 0 Å². The molecule has 3 nitrogen and oxygen atoms in total. The van der Waals surface area contributed by atoms with Gasteiger partial charge in [0.05, 0.1) is 12.2 Å². The van der Waals surface area contributed by atoms with Crippen molar-refractivity contribution in [1.29, 1.82) is 0 Å². The van der Waals surface area contributed by atoms with Crippen LogP contribution in [-0.2, 0) is 4.74 Å². The molecule has 0 radical (unpaired) electrons. The zero-order valence-corrected chi connectivity index (χ0v) is 12.7. The Balaban J connectivity index is 2.23. The molecule has 1 unspecified atom stereocenters. The zero-order chi connectivity index (χ0) is 13.4. The maximum absolute atomic E-state index is 6.27. The highest BCUT2D eigenvalue weighted by molar-refractivity contribution is 4.73. The molecule has 0 aliphatic carbocycles. The molecule has 108 valence electrons. The Kier molecular flexibility index (Phi) is 7.87. The van der Waals surface area contributed by atoms with Crippen LogP contribution >= 0.6 is 0 Å². The molecular formula is C15H32N2O. The lowest BCUT2D eigenvalue weighted by Crippen LogP contribution is -2.39. The van der Waals surface area contributed by atoms with Gasteiger partial charge in [-0.15, -0.1) is 0 Å². The molecule has 1 N–H and O–H groups in total. The van der Waals surface area contributed by atoms with E-state index in [2.05, 4.69) is 38.0 Å². The molecule has 0 aromatic rings. The van der Waals surface area contributed by atoms with Gasteiger partial charge in [0.2, 0.25) is 0 Å². The first kappa shape index (κ1) is 15.9. The Hall–Kier alpha value is -0.120. The molecule has 0 saturated carbocycles. The lowest BCUT2D eigenvalue weighted by molar-refractivity contribution is -0.0420. The third kappa shape index (κ3) is 6.72. The molecule has 0 bridgehead atoms. The smallest absolute Gasteiger partial charge is 0.0703 e. The quantitative estimate of drug-likeness (QED) is 0.722. The van der Waals surface area contributed by atoms with Crippen LogP contribution in [0.25, 0.3) is 0 Å². The minimum Gasteiger partial charge on any atom is -0.374 e. The molecule has 0 aromatic carbocycles. The predicted molar refractivity (Wildman–Crippen MR) is 78.0 cm³/mol. The molecule has 1 aliphatic heterocycles. The average molecular weight is 256 g/mol. The van der Waals surface area contributed by atoms with Crippen LogP contribution in [0.4, 0.5) is 0 Å². The van der Waals surface area contributed by atoms with Gasteiger partial charge < -0.3 is 15.0 Å². The molecule has 1 heterocycles. The number of hydrogen-bond acceptors (Lipinski definition) is 3. The van der Waals surface area contributed by atoms with Crippen molar-refractivity contribution >= 4 is 0 Å². The van der Waals surface area contributed by atoms with Crippen LogP contribution < -0.4 is 5.32 Å². The summed E-state index contributed by atoms with van der Waals surface area (Å²) in [6.45, 7) is 11.2. The highest BCUT2D eigenvalue weighted by Gasteiger charge is 2.20. The summed E-state index contributed by atoms with van der Waals surface area (Å²) in [5.41, 5.74) is 0. The lowest BCUT2D eigenvalue weighted by Gasteiger charge is -2.32. The summed E-state index contributed by atoms with van der Waals surface area (Å²) < 4.78 is 6.27. The van der Waals surface area contributed by atoms with E-state index < -0.39 is 0 Å². The summed E-state index contributed by atoms with van der Waals surface area (Å²) in [6, 6.07) is 0. The summed E-state index contributed by atoms with van der Waals surface area (Å²) in [7, 11) is 2.20. The van der Waals surface area contributed by atoms with Crippen LogP contribution in [-0.4, -0.2) is 50.3 Å². The fourth-order valence-electron chi connectivity index (χ4n) is 2.47. The van der Waals surface area contributed by atoms with Gasteiger partial charge in [-0.1, -0.05) is 27.2 Å². The molecule has 1 rings (SSSR count). The number of piperidine rings is 1. The molecule has 3 heteroatoms. The molecular weight excluding hydrogens is 224 g/mol. The molecule has 18 heavy (non-hydrogen) atoms. The molecule has 0 amide bonds. The summed E-state index contributed by atoms with van der Waals surface area (Å²) >= 11 is 0. The number of hydrogen-bond donors (Lipinski definition) is 1. The Morgan fingerprint density at radius 3 is 2.44 bits per heavy atom. The van der Waals surface area contributed by atoms with Crippen molar-refractivity contribution in [3.05, 3.63) is 0 Å². The predicted octanol–water partition coefficient (Wildman–Crippen LogP) is 2.51. The van der Waals surface area contributed by atoms with Crippen molar-refractivity contribution in [3.8, 4) is 0 Å². The fraction of sp³-hybridized carbons (Fsp3) is 1.00.